The minimum absolute atomic E-state index is 0.106. The summed E-state index contributed by atoms with van der Waals surface area (Å²) >= 11 is 0. The first kappa shape index (κ1) is 16.5. The van der Waals surface area contributed by atoms with E-state index in [1.54, 1.807) is 19.9 Å². The SMILES string of the molecule is CC(C)=CCc1cc(C(=O)O)cc2c1OC(C(C)(C)O)C2O. The van der Waals surface area contributed by atoms with Gasteiger partial charge in [-0.2, -0.15) is 0 Å². The molecular weight excluding hydrogens is 284 g/mol. The van der Waals surface area contributed by atoms with Crippen molar-refractivity contribution in [1.82, 2.24) is 0 Å². The van der Waals surface area contributed by atoms with Crippen LogP contribution in [0.15, 0.2) is 23.8 Å². The number of benzene rings is 1. The summed E-state index contributed by atoms with van der Waals surface area (Å²) in [7, 11) is 0. The fourth-order valence-corrected chi connectivity index (χ4v) is 2.55. The lowest BCUT2D eigenvalue weighted by molar-refractivity contribution is -0.0764. The number of rotatable bonds is 4. The van der Waals surface area contributed by atoms with Crippen molar-refractivity contribution in [2.45, 2.75) is 51.9 Å². The largest absolute Gasteiger partial charge is 0.484 e. The molecule has 5 heteroatoms. The lowest BCUT2D eigenvalue weighted by atomic mass is 9.92. The van der Waals surface area contributed by atoms with E-state index in [2.05, 4.69) is 0 Å². The monoisotopic (exact) mass is 306 g/mol. The standard InChI is InChI=1S/C17H22O5/c1-9(2)5-6-10-7-11(16(19)20)8-12-13(18)15(17(3,4)21)22-14(10)12/h5,7-8,13,15,18,21H,6H2,1-4H3,(H,19,20). The average Bonchev–Trinajstić information content (AvgIpc) is 2.73. The van der Waals surface area contributed by atoms with Gasteiger partial charge in [0.1, 0.15) is 11.9 Å². The molecule has 120 valence electrons. The van der Waals surface area contributed by atoms with Gasteiger partial charge in [-0.25, -0.2) is 4.79 Å². The summed E-state index contributed by atoms with van der Waals surface area (Å²) in [5.41, 5.74) is 1.09. The van der Waals surface area contributed by atoms with Crippen LogP contribution in [0.1, 0.15) is 55.3 Å². The first-order chi connectivity index (χ1) is 10.1. The van der Waals surface area contributed by atoms with Gasteiger partial charge < -0.3 is 20.1 Å². The number of aromatic carboxylic acids is 1. The van der Waals surface area contributed by atoms with Crippen molar-refractivity contribution in [3.05, 3.63) is 40.5 Å². The Morgan fingerprint density at radius 2 is 2.00 bits per heavy atom. The number of allylic oxidation sites excluding steroid dienone is 2. The molecule has 0 fully saturated rings. The third-order valence-corrected chi connectivity index (χ3v) is 3.72. The van der Waals surface area contributed by atoms with E-state index >= 15 is 0 Å². The van der Waals surface area contributed by atoms with E-state index in [1.807, 2.05) is 19.9 Å². The molecule has 0 bridgehead atoms. The van der Waals surface area contributed by atoms with Crippen LogP contribution in [0.25, 0.3) is 0 Å². The molecule has 1 aromatic carbocycles. The molecule has 1 aliphatic heterocycles. The Morgan fingerprint density at radius 1 is 1.36 bits per heavy atom. The summed E-state index contributed by atoms with van der Waals surface area (Å²) in [6, 6.07) is 2.97. The second kappa shape index (κ2) is 5.74. The van der Waals surface area contributed by atoms with E-state index in [0.717, 1.165) is 5.57 Å². The molecule has 2 unspecified atom stereocenters. The summed E-state index contributed by atoms with van der Waals surface area (Å²) < 4.78 is 5.76. The number of aliphatic hydroxyl groups excluding tert-OH is 1. The van der Waals surface area contributed by atoms with Gasteiger partial charge in [-0.1, -0.05) is 11.6 Å². The first-order valence-corrected chi connectivity index (χ1v) is 7.22. The van der Waals surface area contributed by atoms with Gasteiger partial charge >= 0.3 is 5.97 Å². The third-order valence-electron chi connectivity index (χ3n) is 3.72. The molecule has 0 aliphatic carbocycles. The molecular formula is C17H22O5. The predicted octanol–water partition coefficient (Wildman–Crippen LogP) is 2.46. The van der Waals surface area contributed by atoms with Gasteiger partial charge in [-0.3, -0.25) is 0 Å². The number of ether oxygens (including phenoxy) is 1. The fourth-order valence-electron chi connectivity index (χ4n) is 2.55. The van der Waals surface area contributed by atoms with Crippen LogP contribution in [-0.2, 0) is 6.42 Å². The Labute approximate surface area is 129 Å². The molecule has 0 radical (unpaired) electrons. The first-order valence-electron chi connectivity index (χ1n) is 7.22. The van der Waals surface area contributed by atoms with Crippen LogP contribution < -0.4 is 4.74 Å². The molecule has 5 nitrogen and oxygen atoms in total. The highest BCUT2D eigenvalue weighted by atomic mass is 16.5. The summed E-state index contributed by atoms with van der Waals surface area (Å²) in [6.45, 7) is 7.02. The highest BCUT2D eigenvalue weighted by molar-refractivity contribution is 5.88. The predicted molar refractivity (Wildman–Crippen MR) is 82.2 cm³/mol. The molecule has 2 rings (SSSR count). The van der Waals surface area contributed by atoms with Crippen LogP contribution in [0.5, 0.6) is 5.75 Å². The van der Waals surface area contributed by atoms with E-state index in [9.17, 15) is 20.1 Å². The van der Waals surface area contributed by atoms with Crippen molar-refractivity contribution in [3.8, 4) is 5.75 Å². The number of hydrogen-bond acceptors (Lipinski definition) is 4. The Hall–Kier alpha value is -1.85. The molecule has 0 amide bonds. The van der Waals surface area contributed by atoms with E-state index in [4.69, 9.17) is 4.74 Å². The molecule has 1 heterocycles. The summed E-state index contributed by atoms with van der Waals surface area (Å²) in [5.74, 6) is -0.581. The summed E-state index contributed by atoms with van der Waals surface area (Å²) in [6.07, 6.45) is 0.600. The maximum Gasteiger partial charge on any atom is 0.335 e. The maximum absolute atomic E-state index is 11.3. The molecule has 1 aliphatic rings. The second-order valence-electron chi connectivity index (χ2n) is 6.48. The molecule has 0 aromatic heterocycles. The average molecular weight is 306 g/mol. The van der Waals surface area contributed by atoms with Crippen LogP contribution in [0, 0.1) is 0 Å². The molecule has 3 N–H and O–H groups in total. The van der Waals surface area contributed by atoms with E-state index in [-0.39, 0.29) is 5.56 Å². The Kier molecular flexibility index (Phi) is 4.31. The van der Waals surface area contributed by atoms with Crippen LogP contribution in [0.2, 0.25) is 0 Å². The van der Waals surface area contributed by atoms with Crippen LogP contribution in [0.3, 0.4) is 0 Å². The second-order valence-corrected chi connectivity index (χ2v) is 6.48. The van der Waals surface area contributed by atoms with Crippen molar-refractivity contribution in [3.63, 3.8) is 0 Å². The van der Waals surface area contributed by atoms with Crippen LogP contribution in [0.4, 0.5) is 0 Å². The minimum Gasteiger partial charge on any atom is -0.484 e. The fraction of sp³-hybridized carbons (Fsp3) is 0.471. The van der Waals surface area contributed by atoms with Crippen molar-refractivity contribution in [2.24, 2.45) is 0 Å². The van der Waals surface area contributed by atoms with Gasteiger partial charge in [0, 0.05) is 5.56 Å². The molecule has 22 heavy (non-hydrogen) atoms. The number of hydrogen-bond donors (Lipinski definition) is 3. The highest BCUT2D eigenvalue weighted by Crippen LogP contribution is 2.43. The summed E-state index contributed by atoms with van der Waals surface area (Å²) in [5, 5.41) is 29.8. The number of carboxylic acids is 1. The number of carbonyl (C=O) groups is 1. The van der Waals surface area contributed by atoms with Gasteiger partial charge in [0.2, 0.25) is 0 Å². The van der Waals surface area contributed by atoms with Crippen molar-refractivity contribution in [2.75, 3.05) is 0 Å². The summed E-state index contributed by atoms with van der Waals surface area (Å²) in [4.78, 5) is 11.3. The zero-order valence-corrected chi connectivity index (χ0v) is 13.3. The van der Waals surface area contributed by atoms with Crippen LogP contribution in [-0.4, -0.2) is 33.0 Å². The topological polar surface area (TPSA) is 87.0 Å². The van der Waals surface area contributed by atoms with Gasteiger partial charge in [-0.05, 0) is 51.8 Å². The van der Waals surface area contributed by atoms with Gasteiger partial charge in [0.25, 0.3) is 0 Å². The van der Waals surface area contributed by atoms with E-state index in [0.29, 0.717) is 23.3 Å². The number of aliphatic hydroxyl groups is 2. The molecule has 1 aromatic rings. The Balaban J connectivity index is 2.52. The Morgan fingerprint density at radius 3 is 2.50 bits per heavy atom. The zero-order valence-electron chi connectivity index (χ0n) is 13.3. The smallest absolute Gasteiger partial charge is 0.335 e. The minimum atomic E-state index is -1.24. The third kappa shape index (κ3) is 3.15. The lowest BCUT2D eigenvalue weighted by Crippen LogP contribution is -2.41. The normalized spacial score (nSPS) is 20.3. The highest BCUT2D eigenvalue weighted by Gasteiger charge is 2.43. The van der Waals surface area contributed by atoms with Crippen molar-refractivity contribution >= 4 is 5.97 Å². The number of carboxylic acid groups (broad SMARTS) is 1. The quantitative estimate of drug-likeness (QED) is 0.744. The zero-order chi connectivity index (χ0) is 16.7. The van der Waals surface area contributed by atoms with Crippen molar-refractivity contribution < 1.29 is 24.9 Å². The number of fused-ring (bicyclic) bond motifs is 1. The lowest BCUT2D eigenvalue weighted by Gasteiger charge is -2.27. The Bertz CT molecular complexity index is 621. The molecule has 0 saturated carbocycles. The van der Waals surface area contributed by atoms with Crippen molar-refractivity contribution in [1.29, 1.82) is 0 Å². The molecule has 0 saturated heterocycles. The molecule has 0 spiro atoms. The van der Waals surface area contributed by atoms with Gasteiger partial charge in [0.15, 0.2) is 6.10 Å². The van der Waals surface area contributed by atoms with E-state index < -0.39 is 23.8 Å². The van der Waals surface area contributed by atoms with Gasteiger partial charge in [-0.15, -0.1) is 0 Å². The van der Waals surface area contributed by atoms with E-state index in [1.165, 1.54) is 6.07 Å². The van der Waals surface area contributed by atoms with Crippen LogP contribution >= 0.6 is 0 Å². The molecule has 2 atom stereocenters. The van der Waals surface area contributed by atoms with Gasteiger partial charge in [0.05, 0.1) is 11.2 Å². The maximum atomic E-state index is 11.3.